The maximum absolute atomic E-state index is 12.8. The van der Waals surface area contributed by atoms with Crippen LogP contribution in [0, 0.1) is 0 Å². The Bertz CT molecular complexity index is 873. The Hall–Kier alpha value is -2.03. The average Bonchev–Trinajstić information content (AvgIpc) is 3.21. The lowest BCUT2D eigenvalue weighted by Crippen LogP contribution is -2.37. The lowest BCUT2D eigenvalue weighted by Gasteiger charge is -2.22. The molecule has 9 heteroatoms. The number of unbranched alkanes of at least 4 members (excludes halogenated alkanes) is 24. The van der Waals surface area contributed by atoms with Gasteiger partial charge in [0.1, 0.15) is 13.2 Å². The van der Waals surface area contributed by atoms with Crippen LogP contribution in [0.2, 0.25) is 0 Å². The second kappa shape index (κ2) is 45.1. The van der Waals surface area contributed by atoms with Crippen molar-refractivity contribution in [1.82, 2.24) is 15.5 Å². The molecule has 2 N–H and O–H groups in total. The molecule has 0 amide bonds. The Morgan fingerprint density at radius 2 is 0.947 bits per heavy atom. The third-order valence-electron chi connectivity index (χ3n) is 11.1. The summed E-state index contributed by atoms with van der Waals surface area (Å²) < 4.78 is 11.5. The highest BCUT2D eigenvalue weighted by Crippen LogP contribution is 2.18. The first-order valence-corrected chi connectivity index (χ1v) is 24.6. The quantitative estimate of drug-likeness (QED) is 0.0206. The fourth-order valence-corrected chi connectivity index (χ4v) is 7.50. The molecule has 0 unspecified atom stereocenters. The molecule has 0 aromatic heterocycles. The van der Waals surface area contributed by atoms with Crippen molar-refractivity contribution in [3.63, 3.8) is 0 Å². The van der Waals surface area contributed by atoms with Crippen molar-refractivity contribution in [2.45, 2.75) is 245 Å². The van der Waals surface area contributed by atoms with Gasteiger partial charge in [0.05, 0.1) is 6.61 Å². The number of oxime groups is 1. The first-order valence-electron chi connectivity index (χ1n) is 24.6. The Balaban J connectivity index is 4.41. The smallest absolute Gasteiger partial charge is 0.306 e. The number of carbonyl (C=O) groups excluding carboxylic acids is 2. The van der Waals surface area contributed by atoms with Gasteiger partial charge in [0.25, 0.3) is 0 Å². The fraction of sp³-hybridized carbons (Fsp3) is 0.938. The lowest BCUT2D eigenvalue weighted by atomic mass is 10.0. The van der Waals surface area contributed by atoms with Crippen LogP contribution in [-0.4, -0.2) is 75.8 Å². The van der Waals surface area contributed by atoms with E-state index in [1.807, 2.05) is 7.05 Å². The molecular weight excluding hydrogens is 713 g/mol. The summed E-state index contributed by atoms with van der Waals surface area (Å²) in [6.45, 7) is 11.5. The van der Waals surface area contributed by atoms with Gasteiger partial charge in [-0.05, 0) is 89.0 Å². The van der Waals surface area contributed by atoms with Crippen LogP contribution < -0.4 is 10.6 Å². The maximum Gasteiger partial charge on any atom is 0.306 e. The van der Waals surface area contributed by atoms with E-state index in [-0.39, 0.29) is 18.0 Å². The molecule has 0 bridgehead atoms. The lowest BCUT2D eigenvalue weighted by molar-refractivity contribution is -0.150. The SMILES string of the molecule is CCCCCCCCCOC(=O)CCCCCCCN(CCCCCCCC(=O)OC(CCCCCCCC)CCCCCCCC)CCCN/C(=N/OC)NC. The molecule has 0 saturated carbocycles. The number of guanidine groups is 1. The molecule has 0 aromatic rings. The zero-order valence-corrected chi connectivity index (χ0v) is 38.6. The summed E-state index contributed by atoms with van der Waals surface area (Å²) in [4.78, 5) is 32.5. The number of hydrogen-bond acceptors (Lipinski definition) is 7. The van der Waals surface area contributed by atoms with Gasteiger partial charge in [0, 0.05) is 26.4 Å². The van der Waals surface area contributed by atoms with Crippen molar-refractivity contribution in [2.75, 3.05) is 46.9 Å². The van der Waals surface area contributed by atoms with Crippen LogP contribution in [0.4, 0.5) is 0 Å². The van der Waals surface area contributed by atoms with Crippen molar-refractivity contribution in [2.24, 2.45) is 5.16 Å². The Morgan fingerprint density at radius 3 is 1.44 bits per heavy atom. The summed E-state index contributed by atoms with van der Waals surface area (Å²) in [5.74, 6) is 0.650. The van der Waals surface area contributed by atoms with E-state index in [4.69, 9.17) is 14.3 Å². The van der Waals surface area contributed by atoms with Crippen molar-refractivity contribution in [1.29, 1.82) is 0 Å². The van der Waals surface area contributed by atoms with E-state index < -0.39 is 0 Å². The third-order valence-corrected chi connectivity index (χ3v) is 11.1. The van der Waals surface area contributed by atoms with E-state index in [1.165, 1.54) is 154 Å². The van der Waals surface area contributed by atoms with E-state index in [2.05, 4.69) is 41.5 Å². The first-order chi connectivity index (χ1) is 28.0. The molecule has 0 rings (SSSR count). The second-order valence-corrected chi connectivity index (χ2v) is 16.6. The molecule has 0 aliphatic rings. The monoisotopic (exact) mass is 809 g/mol. The summed E-state index contributed by atoms with van der Waals surface area (Å²) in [6, 6.07) is 0. The number of ether oxygens (including phenoxy) is 2. The van der Waals surface area contributed by atoms with Crippen molar-refractivity contribution in [3.8, 4) is 0 Å². The van der Waals surface area contributed by atoms with Crippen LogP contribution in [0.25, 0.3) is 0 Å². The molecule has 0 aromatic carbocycles. The number of nitrogens with zero attached hydrogens (tertiary/aromatic N) is 2. The van der Waals surface area contributed by atoms with E-state index in [0.717, 1.165) is 77.5 Å². The van der Waals surface area contributed by atoms with Crippen LogP contribution in [0.3, 0.4) is 0 Å². The van der Waals surface area contributed by atoms with Gasteiger partial charge < -0.3 is 29.8 Å². The van der Waals surface area contributed by atoms with Gasteiger partial charge in [-0.3, -0.25) is 9.59 Å². The van der Waals surface area contributed by atoms with E-state index in [9.17, 15) is 9.59 Å². The van der Waals surface area contributed by atoms with Crippen LogP contribution in [0.5, 0.6) is 0 Å². The molecule has 0 heterocycles. The zero-order valence-electron chi connectivity index (χ0n) is 38.6. The highest BCUT2D eigenvalue weighted by Gasteiger charge is 2.14. The van der Waals surface area contributed by atoms with Gasteiger partial charge in [-0.1, -0.05) is 162 Å². The van der Waals surface area contributed by atoms with Crippen LogP contribution in [0.1, 0.15) is 239 Å². The molecule has 0 atom stereocenters. The minimum Gasteiger partial charge on any atom is -0.466 e. The average molecular weight is 809 g/mol. The summed E-state index contributed by atoms with van der Waals surface area (Å²) in [5.41, 5.74) is 0. The molecule has 57 heavy (non-hydrogen) atoms. The highest BCUT2D eigenvalue weighted by atomic mass is 16.6. The van der Waals surface area contributed by atoms with Gasteiger partial charge in [-0.2, -0.15) is 0 Å². The number of rotatable bonds is 44. The van der Waals surface area contributed by atoms with Crippen molar-refractivity contribution in [3.05, 3.63) is 0 Å². The molecule has 0 saturated heterocycles. The predicted molar refractivity (Wildman–Crippen MR) is 243 cm³/mol. The van der Waals surface area contributed by atoms with Crippen LogP contribution in [0.15, 0.2) is 5.16 Å². The molecular formula is C48H96N4O5. The van der Waals surface area contributed by atoms with Crippen LogP contribution >= 0.6 is 0 Å². The van der Waals surface area contributed by atoms with Gasteiger partial charge in [0.2, 0.25) is 5.96 Å². The van der Waals surface area contributed by atoms with Crippen LogP contribution in [-0.2, 0) is 23.9 Å². The summed E-state index contributed by atoms with van der Waals surface area (Å²) in [6.07, 6.45) is 39.5. The minimum absolute atomic E-state index is 0.0208. The number of carbonyl (C=O) groups is 2. The second-order valence-electron chi connectivity index (χ2n) is 16.6. The van der Waals surface area contributed by atoms with Gasteiger partial charge in [-0.25, -0.2) is 0 Å². The summed E-state index contributed by atoms with van der Waals surface area (Å²) in [5, 5.41) is 10.3. The molecule has 0 aliphatic carbocycles. The Morgan fingerprint density at radius 1 is 0.526 bits per heavy atom. The molecule has 0 radical (unpaired) electrons. The molecule has 338 valence electrons. The Labute approximate surface area is 353 Å². The van der Waals surface area contributed by atoms with E-state index in [0.29, 0.717) is 25.4 Å². The maximum atomic E-state index is 12.8. The molecule has 9 nitrogen and oxygen atoms in total. The van der Waals surface area contributed by atoms with Gasteiger partial charge in [0.15, 0.2) is 0 Å². The minimum atomic E-state index is -0.0241. The van der Waals surface area contributed by atoms with E-state index >= 15 is 0 Å². The molecule has 0 aliphatic heterocycles. The number of esters is 2. The number of nitrogens with one attached hydrogen (secondary N) is 2. The number of hydrogen-bond donors (Lipinski definition) is 2. The first kappa shape index (κ1) is 55.0. The zero-order chi connectivity index (χ0) is 41.7. The standard InChI is InChI=1S/C48H96N4O5/c1-6-9-12-15-18-27-34-44-56-46(53)38-30-23-19-25-32-41-52(43-35-40-50-48(49-4)51-55-5)42-33-26-20-24-31-39-47(54)57-45(36-28-21-16-13-10-7-2)37-29-22-17-14-11-8-3/h45H,6-44H2,1-5H3,(H2,49,50,51). The van der Waals surface area contributed by atoms with Crippen molar-refractivity contribution >= 4 is 17.9 Å². The van der Waals surface area contributed by atoms with Gasteiger partial charge in [-0.15, -0.1) is 0 Å². The predicted octanol–water partition coefficient (Wildman–Crippen LogP) is 12.8. The fourth-order valence-electron chi connectivity index (χ4n) is 7.50. The summed E-state index contributed by atoms with van der Waals surface area (Å²) in [7, 11) is 3.40. The molecule has 0 fully saturated rings. The largest absolute Gasteiger partial charge is 0.466 e. The Kier molecular flexibility index (Phi) is 43.5. The summed E-state index contributed by atoms with van der Waals surface area (Å²) >= 11 is 0. The highest BCUT2D eigenvalue weighted by molar-refractivity contribution is 5.78. The van der Waals surface area contributed by atoms with E-state index in [1.54, 1.807) is 7.11 Å². The molecule has 0 spiro atoms. The normalized spacial score (nSPS) is 11.7. The third kappa shape index (κ3) is 40.5. The van der Waals surface area contributed by atoms with Crippen molar-refractivity contribution < 1.29 is 23.9 Å². The van der Waals surface area contributed by atoms with Gasteiger partial charge >= 0.3 is 11.9 Å². The topological polar surface area (TPSA) is 101 Å².